The van der Waals surface area contributed by atoms with E-state index in [1.165, 1.54) is 0 Å². The number of thiocarbonyl (C=S) groups is 1. The van der Waals surface area contributed by atoms with E-state index in [4.69, 9.17) is 5.73 Å². The fraction of sp³-hybridized carbons (Fsp3) is 0.444. The third-order valence-electron chi connectivity index (χ3n) is 1.91. The molecule has 0 spiro atoms. The Bertz CT molecular complexity index is 458. The van der Waals surface area contributed by atoms with E-state index in [9.17, 15) is 9.59 Å². The van der Waals surface area contributed by atoms with Crippen molar-refractivity contribution in [3.8, 4) is 0 Å². The molecule has 0 fully saturated rings. The van der Waals surface area contributed by atoms with E-state index in [1.807, 2.05) is 0 Å². The molecule has 1 aromatic rings. The summed E-state index contributed by atoms with van der Waals surface area (Å²) in [5, 5.41) is 8.75. The third-order valence-corrected chi connectivity index (χ3v) is 2.05. The minimum atomic E-state index is -0.767. The van der Waals surface area contributed by atoms with Gasteiger partial charge >= 0.3 is 11.8 Å². The lowest BCUT2D eigenvalue weighted by Gasteiger charge is -2.04. The molecule has 0 aliphatic heterocycles. The molecule has 4 N–H and O–H groups in total. The van der Waals surface area contributed by atoms with Gasteiger partial charge in [0.05, 0.1) is 11.5 Å². The molecule has 98 valence electrons. The van der Waals surface area contributed by atoms with Gasteiger partial charge in [-0.2, -0.15) is 5.10 Å². The summed E-state index contributed by atoms with van der Waals surface area (Å²) in [6, 6.07) is 0. The van der Waals surface area contributed by atoms with E-state index in [1.54, 1.807) is 18.1 Å². The highest BCUT2D eigenvalue weighted by molar-refractivity contribution is 7.80. The van der Waals surface area contributed by atoms with Gasteiger partial charge in [0.1, 0.15) is 6.33 Å². The molecule has 1 heterocycles. The SMILES string of the molecule is Cn1cnc(CCNC(=O)C(=O)NCC(N)=S)n1. The number of hydrogen-bond donors (Lipinski definition) is 3. The van der Waals surface area contributed by atoms with Gasteiger partial charge in [0.15, 0.2) is 5.82 Å². The molecule has 18 heavy (non-hydrogen) atoms. The average Bonchev–Trinajstić information content (AvgIpc) is 2.71. The Morgan fingerprint density at radius 2 is 2.11 bits per heavy atom. The lowest BCUT2D eigenvalue weighted by atomic mass is 10.4. The van der Waals surface area contributed by atoms with Gasteiger partial charge in [0.2, 0.25) is 0 Å². The first-order valence-electron chi connectivity index (χ1n) is 5.18. The monoisotopic (exact) mass is 270 g/mol. The summed E-state index contributed by atoms with van der Waals surface area (Å²) in [7, 11) is 1.75. The van der Waals surface area contributed by atoms with E-state index < -0.39 is 11.8 Å². The van der Waals surface area contributed by atoms with E-state index in [0.717, 1.165) is 0 Å². The number of hydrogen-bond acceptors (Lipinski definition) is 5. The van der Waals surface area contributed by atoms with Crippen molar-refractivity contribution in [3.05, 3.63) is 12.2 Å². The highest BCUT2D eigenvalue weighted by Crippen LogP contribution is 1.87. The second-order valence-electron chi connectivity index (χ2n) is 3.49. The molecule has 8 nitrogen and oxygen atoms in total. The Hall–Kier alpha value is -2.03. The molecule has 0 saturated carbocycles. The zero-order valence-corrected chi connectivity index (χ0v) is 10.7. The molecule has 2 amide bonds. The quantitative estimate of drug-likeness (QED) is 0.416. The summed E-state index contributed by atoms with van der Waals surface area (Å²) in [6.07, 6.45) is 2.02. The van der Waals surface area contributed by atoms with Crippen LogP contribution >= 0.6 is 12.2 Å². The number of amides is 2. The molecule has 1 rings (SSSR count). The van der Waals surface area contributed by atoms with Crippen LogP contribution in [0.25, 0.3) is 0 Å². The molecule has 0 unspecified atom stereocenters. The van der Waals surface area contributed by atoms with Crippen LogP contribution in [0.4, 0.5) is 0 Å². The van der Waals surface area contributed by atoms with Crippen LogP contribution in [0.3, 0.4) is 0 Å². The summed E-state index contributed by atoms with van der Waals surface area (Å²) < 4.78 is 1.56. The summed E-state index contributed by atoms with van der Waals surface area (Å²) >= 11 is 4.57. The van der Waals surface area contributed by atoms with Gasteiger partial charge in [0.25, 0.3) is 0 Å². The first-order chi connectivity index (χ1) is 8.49. The van der Waals surface area contributed by atoms with Crippen LogP contribution < -0.4 is 16.4 Å². The highest BCUT2D eigenvalue weighted by Gasteiger charge is 2.12. The van der Waals surface area contributed by atoms with E-state index >= 15 is 0 Å². The highest BCUT2D eigenvalue weighted by atomic mass is 32.1. The topological polar surface area (TPSA) is 115 Å². The van der Waals surface area contributed by atoms with Gasteiger partial charge in [-0.25, -0.2) is 4.98 Å². The summed E-state index contributed by atoms with van der Waals surface area (Å²) in [6.45, 7) is 0.284. The lowest BCUT2D eigenvalue weighted by molar-refractivity contribution is -0.139. The summed E-state index contributed by atoms with van der Waals surface area (Å²) in [4.78, 5) is 26.6. The molecule has 0 radical (unpaired) electrons. The van der Waals surface area contributed by atoms with Crippen LogP contribution in [0.15, 0.2) is 6.33 Å². The molecule has 0 aromatic carbocycles. The average molecular weight is 270 g/mol. The molecule has 0 bridgehead atoms. The first-order valence-corrected chi connectivity index (χ1v) is 5.58. The van der Waals surface area contributed by atoms with Gasteiger partial charge in [-0.3, -0.25) is 14.3 Å². The number of carbonyl (C=O) groups excluding carboxylic acids is 2. The van der Waals surface area contributed by atoms with Crippen molar-refractivity contribution in [2.45, 2.75) is 6.42 Å². The van der Waals surface area contributed by atoms with Crippen molar-refractivity contribution >= 4 is 29.0 Å². The van der Waals surface area contributed by atoms with Gasteiger partial charge in [0, 0.05) is 20.0 Å². The van der Waals surface area contributed by atoms with E-state index in [2.05, 4.69) is 32.9 Å². The van der Waals surface area contributed by atoms with Crippen molar-refractivity contribution in [1.29, 1.82) is 0 Å². The number of carbonyl (C=O) groups is 2. The maximum Gasteiger partial charge on any atom is 0.309 e. The minimum absolute atomic E-state index is 0.00336. The number of nitrogens with one attached hydrogen (secondary N) is 2. The maximum absolute atomic E-state index is 11.3. The van der Waals surface area contributed by atoms with E-state index in [0.29, 0.717) is 12.2 Å². The molecule has 1 aromatic heterocycles. The lowest BCUT2D eigenvalue weighted by Crippen LogP contribution is -2.43. The van der Waals surface area contributed by atoms with Crippen LogP contribution in [-0.4, -0.2) is 44.7 Å². The fourth-order valence-electron chi connectivity index (χ4n) is 1.11. The number of nitrogens with zero attached hydrogens (tertiary/aromatic N) is 3. The van der Waals surface area contributed by atoms with Gasteiger partial charge in [-0.1, -0.05) is 12.2 Å². The zero-order valence-electron chi connectivity index (χ0n) is 9.84. The summed E-state index contributed by atoms with van der Waals surface area (Å²) in [5.74, 6) is -0.902. The second-order valence-corrected chi connectivity index (χ2v) is 4.01. The Balaban J connectivity index is 2.24. The second kappa shape index (κ2) is 6.64. The zero-order chi connectivity index (χ0) is 13.5. The Kier molecular flexibility index (Phi) is 5.18. The van der Waals surface area contributed by atoms with Crippen LogP contribution in [0.1, 0.15) is 5.82 Å². The van der Waals surface area contributed by atoms with Gasteiger partial charge < -0.3 is 16.4 Å². The Labute approximate surface area is 109 Å². The first kappa shape index (κ1) is 14.0. The predicted octanol–water partition coefficient (Wildman–Crippen LogP) is -2.12. The van der Waals surface area contributed by atoms with Crippen molar-refractivity contribution < 1.29 is 9.59 Å². The number of aromatic nitrogens is 3. The molecule has 0 atom stereocenters. The third kappa shape index (κ3) is 4.87. The Morgan fingerprint density at radius 3 is 2.67 bits per heavy atom. The summed E-state index contributed by atoms with van der Waals surface area (Å²) in [5.41, 5.74) is 5.19. The standard InChI is InChI=1S/C9H14N6O2S/c1-15-5-13-7(14-15)2-3-11-8(16)9(17)12-4-6(10)18/h5H,2-4H2,1H3,(H2,10,18)(H,11,16)(H,12,17). The van der Waals surface area contributed by atoms with Crippen LogP contribution in [-0.2, 0) is 23.1 Å². The predicted molar refractivity (Wildman–Crippen MR) is 67.5 cm³/mol. The number of rotatable bonds is 5. The molecule has 0 aliphatic rings. The molecular formula is C9H14N6O2S. The van der Waals surface area contributed by atoms with Crippen LogP contribution in [0.5, 0.6) is 0 Å². The largest absolute Gasteiger partial charge is 0.392 e. The number of aryl methyl sites for hydroxylation is 1. The molecule has 0 aliphatic carbocycles. The molecule has 0 saturated heterocycles. The van der Waals surface area contributed by atoms with Crippen molar-refractivity contribution in [3.63, 3.8) is 0 Å². The van der Waals surface area contributed by atoms with Gasteiger partial charge in [-0.15, -0.1) is 0 Å². The maximum atomic E-state index is 11.3. The van der Waals surface area contributed by atoms with Crippen molar-refractivity contribution in [2.75, 3.05) is 13.1 Å². The van der Waals surface area contributed by atoms with Crippen LogP contribution in [0, 0.1) is 0 Å². The van der Waals surface area contributed by atoms with Gasteiger partial charge in [-0.05, 0) is 0 Å². The fourth-order valence-corrected chi connectivity index (χ4v) is 1.19. The van der Waals surface area contributed by atoms with Crippen molar-refractivity contribution in [1.82, 2.24) is 25.4 Å². The normalized spacial score (nSPS) is 9.83. The minimum Gasteiger partial charge on any atom is -0.392 e. The Morgan fingerprint density at radius 1 is 1.44 bits per heavy atom. The van der Waals surface area contributed by atoms with E-state index in [-0.39, 0.29) is 18.1 Å². The van der Waals surface area contributed by atoms with Crippen LogP contribution in [0.2, 0.25) is 0 Å². The van der Waals surface area contributed by atoms with Crippen molar-refractivity contribution in [2.24, 2.45) is 12.8 Å². The smallest absolute Gasteiger partial charge is 0.309 e. The molecule has 9 heteroatoms. The molecular weight excluding hydrogens is 256 g/mol. The number of nitrogens with two attached hydrogens (primary N) is 1.